The Bertz CT molecular complexity index is 998. The smallest absolute Gasteiger partial charge is 0.338 e. The maximum absolute atomic E-state index is 13.0. The van der Waals surface area contributed by atoms with E-state index in [9.17, 15) is 9.59 Å². The molecule has 3 heterocycles. The number of pyridine rings is 1. The van der Waals surface area contributed by atoms with Gasteiger partial charge in [0.05, 0.1) is 18.2 Å². The first-order valence-electron chi connectivity index (χ1n) is 11.5. The van der Waals surface area contributed by atoms with Crippen LogP contribution in [0.3, 0.4) is 0 Å². The Labute approximate surface area is 194 Å². The lowest BCUT2D eigenvalue weighted by Gasteiger charge is -2.37. The Morgan fingerprint density at radius 2 is 1.85 bits per heavy atom. The number of nitrogens with one attached hydrogen (secondary N) is 2. The number of hydrogen-bond donors (Lipinski definition) is 2. The molecule has 1 aromatic carbocycles. The molecule has 1 unspecified atom stereocenters. The van der Waals surface area contributed by atoms with Crippen LogP contribution >= 0.6 is 0 Å². The van der Waals surface area contributed by atoms with Gasteiger partial charge < -0.3 is 20.3 Å². The number of rotatable bonds is 7. The van der Waals surface area contributed by atoms with Gasteiger partial charge in [-0.25, -0.2) is 14.6 Å². The second-order valence-corrected chi connectivity index (χ2v) is 8.19. The van der Waals surface area contributed by atoms with Crippen LogP contribution in [-0.4, -0.2) is 61.2 Å². The second kappa shape index (κ2) is 10.5. The van der Waals surface area contributed by atoms with Gasteiger partial charge in [0.25, 0.3) is 0 Å². The van der Waals surface area contributed by atoms with E-state index < -0.39 is 12.0 Å². The van der Waals surface area contributed by atoms with Crippen LogP contribution in [0.15, 0.2) is 59.9 Å². The second-order valence-electron chi connectivity index (χ2n) is 8.19. The fourth-order valence-electron chi connectivity index (χ4n) is 4.29. The SMILES string of the molecule is CCOC(=O)C1=C(CN2CCN(c3ccccn3)CC2)NC(=O)NC1c1ccc(CC)cc1. The molecular weight excluding hydrogens is 418 g/mol. The van der Waals surface area contributed by atoms with Gasteiger partial charge in [0.1, 0.15) is 5.82 Å². The van der Waals surface area contributed by atoms with Crippen LogP contribution in [0.1, 0.15) is 31.0 Å². The van der Waals surface area contributed by atoms with Crippen LogP contribution in [0.2, 0.25) is 0 Å². The lowest BCUT2D eigenvalue weighted by molar-refractivity contribution is -0.139. The summed E-state index contributed by atoms with van der Waals surface area (Å²) in [5.41, 5.74) is 3.13. The highest BCUT2D eigenvalue weighted by Gasteiger charge is 2.34. The average Bonchev–Trinajstić information content (AvgIpc) is 2.85. The summed E-state index contributed by atoms with van der Waals surface area (Å²) in [6.07, 6.45) is 2.73. The maximum atomic E-state index is 13.0. The molecule has 1 fully saturated rings. The van der Waals surface area contributed by atoms with Gasteiger partial charge in [-0.15, -0.1) is 0 Å². The largest absolute Gasteiger partial charge is 0.463 e. The van der Waals surface area contributed by atoms with Crippen LogP contribution < -0.4 is 15.5 Å². The van der Waals surface area contributed by atoms with E-state index in [2.05, 4.69) is 32.3 Å². The number of carbonyl (C=O) groups excluding carboxylic acids is 2. The first-order valence-corrected chi connectivity index (χ1v) is 11.5. The molecule has 4 rings (SSSR count). The topological polar surface area (TPSA) is 86.8 Å². The van der Waals surface area contributed by atoms with Crippen LogP contribution in [0.5, 0.6) is 0 Å². The highest BCUT2D eigenvalue weighted by molar-refractivity contribution is 5.95. The fourth-order valence-corrected chi connectivity index (χ4v) is 4.29. The van der Waals surface area contributed by atoms with Crippen molar-refractivity contribution in [3.05, 3.63) is 71.1 Å². The van der Waals surface area contributed by atoms with Gasteiger partial charge in [-0.05, 0) is 36.6 Å². The lowest BCUT2D eigenvalue weighted by atomic mass is 9.94. The van der Waals surface area contributed by atoms with Crippen molar-refractivity contribution in [3.63, 3.8) is 0 Å². The van der Waals surface area contributed by atoms with Gasteiger partial charge in [0.2, 0.25) is 0 Å². The summed E-state index contributed by atoms with van der Waals surface area (Å²) in [5, 5.41) is 5.79. The Hall–Kier alpha value is -3.39. The van der Waals surface area contributed by atoms with Crippen molar-refractivity contribution >= 4 is 17.8 Å². The van der Waals surface area contributed by atoms with Crippen LogP contribution in [0.25, 0.3) is 0 Å². The molecule has 1 atom stereocenters. The monoisotopic (exact) mass is 449 g/mol. The van der Waals surface area contributed by atoms with Gasteiger partial charge in [-0.2, -0.15) is 0 Å². The highest BCUT2D eigenvalue weighted by Crippen LogP contribution is 2.29. The van der Waals surface area contributed by atoms with Crippen molar-refractivity contribution < 1.29 is 14.3 Å². The molecule has 0 bridgehead atoms. The number of esters is 1. The maximum Gasteiger partial charge on any atom is 0.338 e. The van der Waals surface area contributed by atoms with E-state index in [4.69, 9.17) is 4.74 Å². The van der Waals surface area contributed by atoms with Gasteiger partial charge in [0.15, 0.2) is 0 Å². The molecule has 0 aliphatic carbocycles. The molecule has 2 N–H and O–H groups in total. The van der Waals surface area contributed by atoms with E-state index >= 15 is 0 Å². The van der Waals surface area contributed by atoms with Crippen LogP contribution in [0, 0.1) is 0 Å². The van der Waals surface area contributed by atoms with E-state index in [0.29, 0.717) is 17.8 Å². The molecule has 33 heavy (non-hydrogen) atoms. The number of amides is 2. The van der Waals surface area contributed by atoms with Crippen molar-refractivity contribution in [2.75, 3.05) is 44.2 Å². The normalized spacial score (nSPS) is 19.2. The minimum Gasteiger partial charge on any atom is -0.463 e. The van der Waals surface area contributed by atoms with Gasteiger partial charge in [-0.3, -0.25) is 4.90 Å². The molecule has 2 aliphatic rings. The number of aromatic nitrogens is 1. The zero-order chi connectivity index (χ0) is 23.2. The van der Waals surface area contributed by atoms with Crippen molar-refractivity contribution in [1.82, 2.24) is 20.5 Å². The number of hydrogen-bond acceptors (Lipinski definition) is 6. The standard InChI is InChI=1S/C25H31N5O3/c1-3-18-8-10-19(11-9-18)23-22(24(31)33-4-2)20(27-25(32)28-23)17-29-13-15-30(16-14-29)21-7-5-6-12-26-21/h5-12,23H,3-4,13-17H2,1-2H3,(H2,27,28,32). The van der Waals surface area contributed by atoms with Gasteiger partial charge >= 0.3 is 12.0 Å². The first kappa shape index (κ1) is 22.8. The molecule has 0 saturated carbocycles. The summed E-state index contributed by atoms with van der Waals surface area (Å²) >= 11 is 0. The number of piperazine rings is 1. The average molecular weight is 450 g/mol. The zero-order valence-electron chi connectivity index (χ0n) is 19.2. The Balaban J connectivity index is 1.56. The van der Waals surface area contributed by atoms with E-state index in [1.807, 2.05) is 42.5 Å². The van der Waals surface area contributed by atoms with Crippen molar-refractivity contribution in [3.8, 4) is 0 Å². The number of ether oxygens (including phenoxy) is 1. The molecule has 2 amide bonds. The summed E-state index contributed by atoms with van der Waals surface area (Å²) < 4.78 is 5.38. The first-order chi connectivity index (χ1) is 16.1. The highest BCUT2D eigenvalue weighted by atomic mass is 16.5. The van der Waals surface area contributed by atoms with Crippen LogP contribution in [0.4, 0.5) is 10.6 Å². The number of carbonyl (C=O) groups is 2. The number of aryl methyl sites for hydroxylation is 1. The molecule has 174 valence electrons. The number of urea groups is 1. The van der Waals surface area contributed by atoms with Crippen LogP contribution in [-0.2, 0) is 16.0 Å². The third kappa shape index (κ3) is 5.34. The number of nitrogens with zero attached hydrogens (tertiary/aromatic N) is 3. The minimum absolute atomic E-state index is 0.272. The summed E-state index contributed by atoms with van der Waals surface area (Å²) in [6, 6.07) is 13.1. The lowest BCUT2D eigenvalue weighted by Crippen LogP contribution is -2.52. The van der Waals surface area contributed by atoms with Gasteiger partial charge in [0, 0.05) is 44.6 Å². The molecule has 2 aromatic rings. The molecule has 0 radical (unpaired) electrons. The molecular formula is C25H31N5O3. The molecule has 8 nitrogen and oxygen atoms in total. The predicted molar refractivity (Wildman–Crippen MR) is 127 cm³/mol. The molecule has 1 saturated heterocycles. The van der Waals surface area contributed by atoms with E-state index in [-0.39, 0.29) is 12.6 Å². The predicted octanol–water partition coefficient (Wildman–Crippen LogP) is 2.64. The summed E-state index contributed by atoms with van der Waals surface area (Å²) in [5.74, 6) is 0.561. The summed E-state index contributed by atoms with van der Waals surface area (Å²) in [7, 11) is 0. The number of benzene rings is 1. The van der Waals surface area contributed by atoms with Crippen molar-refractivity contribution in [2.45, 2.75) is 26.3 Å². The third-order valence-electron chi connectivity index (χ3n) is 6.10. The van der Waals surface area contributed by atoms with Crippen molar-refractivity contribution in [1.29, 1.82) is 0 Å². The quantitative estimate of drug-likeness (QED) is 0.632. The van der Waals surface area contributed by atoms with E-state index in [1.54, 1.807) is 13.1 Å². The van der Waals surface area contributed by atoms with Gasteiger partial charge in [-0.1, -0.05) is 37.3 Å². The van der Waals surface area contributed by atoms with E-state index in [1.165, 1.54) is 5.56 Å². The minimum atomic E-state index is -0.548. The third-order valence-corrected chi connectivity index (χ3v) is 6.10. The summed E-state index contributed by atoms with van der Waals surface area (Å²) in [6.45, 7) is 7.88. The molecule has 2 aliphatic heterocycles. The molecule has 8 heteroatoms. The fraction of sp³-hybridized carbons (Fsp3) is 0.400. The molecule has 0 spiro atoms. The Morgan fingerprint density at radius 3 is 2.48 bits per heavy atom. The van der Waals surface area contributed by atoms with E-state index in [0.717, 1.165) is 44.0 Å². The molecule has 1 aromatic heterocycles. The summed E-state index contributed by atoms with van der Waals surface area (Å²) in [4.78, 5) is 34.5. The van der Waals surface area contributed by atoms with Crippen molar-refractivity contribution in [2.24, 2.45) is 0 Å². The Kier molecular flexibility index (Phi) is 7.24. The number of anilines is 1. The Morgan fingerprint density at radius 1 is 1.09 bits per heavy atom. The zero-order valence-corrected chi connectivity index (χ0v) is 19.2.